The molecule has 0 fully saturated rings. The Bertz CT molecular complexity index is 658. The molecule has 1 rings (SSSR count). The highest BCUT2D eigenvalue weighted by molar-refractivity contribution is 6.18. The van der Waals surface area contributed by atoms with Crippen LogP contribution in [0.2, 0.25) is 0 Å². The number of alkyl halides is 4. The number of amides is 1. The molecular formula is C17H21ClF3NO5. The number of halogens is 4. The zero-order chi connectivity index (χ0) is 21.0. The van der Waals surface area contributed by atoms with E-state index in [0.717, 1.165) is 29.2 Å². The fourth-order valence-corrected chi connectivity index (χ4v) is 2.24. The van der Waals surface area contributed by atoms with Gasteiger partial charge >= 0.3 is 12.1 Å². The summed E-state index contributed by atoms with van der Waals surface area (Å²) in [5.74, 6) is -2.41. The number of rotatable bonds is 6. The summed E-state index contributed by atoms with van der Waals surface area (Å²) in [5, 5.41) is 19.9. The third-order valence-electron chi connectivity index (χ3n) is 3.28. The molecule has 0 bridgehead atoms. The second-order valence-corrected chi connectivity index (χ2v) is 7.02. The van der Waals surface area contributed by atoms with Gasteiger partial charge in [0.05, 0.1) is 5.56 Å². The van der Waals surface area contributed by atoms with Gasteiger partial charge in [-0.1, -0.05) is 0 Å². The van der Waals surface area contributed by atoms with Gasteiger partial charge in [-0.05, 0) is 45.0 Å². The van der Waals surface area contributed by atoms with Crippen LogP contribution in [0.1, 0.15) is 26.3 Å². The zero-order valence-electron chi connectivity index (χ0n) is 15.0. The fourth-order valence-electron chi connectivity index (χ4n) is 2.07. The highest BCUT2D eigenvalue weighted by atomic mass is 35.5. The number of ether oxygens (including phenoxy) is 1. The van der Waals surface area contributed by atoms with Gasteiger partial charge in [0.1, 0.15) is 5.60 Å². The van der Waals surface area contributed by atoms with Crippen molar-refractivity contribution in [2.45, 2.75) is 44.8 Å². The Kier molecular flexibility index (Phi) is 7.65. The van der Waals surface area contributed by atoms with Crippen LogP contribution in [0.25, 0.3) is 0 Å². The normalized spacial score (nSPS) is 14.4. The van der Waals surface area contributed by atoms with Gasteiger partial charge in [0.25, 0.3) is 5.91 Å². The fraction of sp³-hybridized carbons (Fsp3) is 0.529. The molecule has 27 heavy (non-hydrogen) atoms. The van der Waals surface area contributed by atoms with Crippen LogP contribution in [0.15, 0.2) is 24.3 Å². The predicted octanol–water partition coefficient (Wildman–Crippen LogP) is 2.34. The molecule has 0 radical (unpaired) electrons. The average Bonchev–Trinajstić information content (AvgIpc) is 2.55. The first-order chi connectivity index (χ1) is 12.3. The number of nitrogens with zero attached hydrogens (tertiary/aromatic N) is 1. The number of benzene rings is 1. The molecule has 1 aromatic rings. The quantitative estimate of drug-likeness (QED) is 0.554. The first-order valence-electron chi connectivity index (χ1n) is 7.91. The minimum atomic E-state index is -4.55. The van der Waals surface area contributed by atoms with E-state index in [4.69, 9.17) is 16.3 Å². The van der Waals surface area contributed by atoms with E-state index in [0.29, 0.717) is 0 Å². The smallest absolute Gasteiger partial charge is 0.416 e. The van der Waals surface area contributed by atoms with Crippen LogP contribution in [0, 0.1) is 0 Å². The number of aliphatic hydroxyl groups excluding tert-OH is 2. The molecular weight excluding hydrogens is 391 g/mol. The average molecular weight is 412 g/mol. The third-order valence-corrected chi connectivity index (χ3v) is 3.45. The van der Waals surface area contributed by atoms with E-state index in [1.807, 2.05) is 0 Å². The molecule has 0 saturated carbocycles. The summed E-state index contributed by atoms with van der Waals surface area (Å²) >= 11 is 5.62. The lowest BCUT2D eigenvalue weighted by atomic mass is 10.1. The van der Waals surface area contributed by atoms with E-state index in [9.17, 15) is 33.0 Å². The summed E-state index contributed by atoms with van der Waals surface area (Å²) in [6, 6.07) is 3.58. The molecule has 6 nitrogen and oxygen atoms in total. The standard InChI is InChI=1S/C17H21ClF3NO5/c1-16(2,3)27-15(26)13(24)12(23)14(25)22(9-8-18)11-6-4-10(5-7-11)17(19,20)21/h4-7,12-13,23-24H,8-9H2,1-3H3/t12-,13-/m1/s1. The van der Waals surface area contributed by atoms with Gasteiger partial charge in [-0.3, -0.25) is 4.79 Å². The number of hydrogen-bond donors (Lipinski definition) is 2. The van der Waals surface area contributed by atoms with Crippen LogP contribution in [-0.4, -0.2) is 52.3 Å². The van der Waals surface area contributed by atoms with Gasteiger partial charge < -0.3 is 19.8 Å². The van der Waals surface area contributed by atoms with Crippen molar-refractivity contribution in [3.63, 3.8) is 0 Å². The van der Waals surface area contributed by atoms with E-state index in [1.54, 1.807) is 0 Å². The SMILES string of the molecule is CC(C)(C)OC(=O)[C@H](O)[C@@H](O)C(=O)N(CCCl)c1ccc(C(F)(F)F)cc1. The molecule has 2 atom stereocenters. The molecule has 10 heteroatoms. The van der Waals surface area contributed by atoms with Gasteiger partial charge in [0.2, 0.25) is 0 Å². The predicted molar refractivity (Wildman–Crippen MR) is 92.4 cm³/mol. The Morgan fingerprint density at radius 3 is 2.04 bits per heavy atom. The summed E-state index contributed by atoms with van der Waals surface area (Å²) in [6.07, 6.45) is -8.89. The van der Waals surface area contributed by atoms with E-state index >= 15 is 0 Å². The van der Waals surface area contributed by atoms with Crippen LogP contribution in [0.3, 0.4) is 0 Å². The molecule has 152 valence electrons. The molecule has 0 spiro atoms. The van der Waals surface area contributed by atoms with E-state index in [2.05, 4.69) is 0 Å². The second-order valence-electron chi connectivity index (χ2n) is 6.65. The molecule has 0 heterocycles. The van der Waals surface area contributed by atoms with Crippen LogP contribution >= 0.6 is 11.6 Å². The molecule has 1 aromatic carbocycles. The number of carbonyl (C=O) groups is 2. The van der Waals surface area contributed by atoms with Crippen LogP contribution < -0.4 is 4.90 Å². The van der Waals surface area contributed by atoms with E-state index in [-0.39, 0.29) is 18.1 Å². The van der Waals surface area contributed by atoms with E-state index < -0.39 is 41.4 Å². The topological polar surface area (TPSA) is 87.1 Å². The third kappa shape index (κ3) is 6.67. The van der Waals surface area contributed by atoms with Gasteiger partial charge in [-0.15, -0.1) is 11.6 Å². The summed E-state index contributed by atoms with van der Waals surface area (Å²) in [6.45, 7) is 4.44. The molecule has 0 unspecified atom stereocenters. The van der Waals surface area contributed by atoms with Crippen molar-refractivity contribution >= 4 is 29.2 Å². The largest absolute Gasteiger partial charge is 0.458 e. The number of carbonyl (C=O) groups excluding carboxylic acids is 2. The molecule has 2 N–H and O–H groups in total. The Morgan fingerprint density at radius 1 is 1.11 bits per heavy atom. The zero-order valence-corrected chi connectivity index (χ0v) is 15.7. The van der Waals surface area contributed by atoms with Gasteiger partial charge in [0, 0.05) is 18.1 Å². The molecule has 0 aliphatic carbocycles. The summed E-state index contributed by atoms with van der Waals surface area (Å²) < 4.78 is 42.9. The Labute approximate surface area is 159 Å². The monoisotopic (exact) mass is 411 g/mol. The maximum atomic E-state index is 12.7. The molecule has 0 aromatic heterocycles. The lowest BCUT2D eigenvalue weighted by Crippen LogP contribution is -2.50. The highest BCUT2D eigenvalue weighted by Crippen LogP contribution is 2.30. The van der Waals surface area contributed by atoms with Gasteiger partial charge in [-0.25, -0.2) is 4.79 Å². The lowest BCUT2D eigenvalue weighted by Gasteiger charge is -2.28. The maximum Gasteiger partial charge on any atom is 0.416 e. The molecule has 0 saturated heterocycles. The number of esters is 1. The summed E-state index contributed by atoms with van der Waals surface area (Å²) in [4.78, 5) is 25.2. The van der Waals surface area contributed by atoms with Crippen LogP contribution in [0.5, 0.6) is 0 Å². The molecule has 0 aliphatic rings. The van der Waals surface area contributed by atoms with Crippen molar-refractivity contribution < 1.29 is 37.7 Å². The maximum absolute atomic E-state index is 12.7. The first-order valence-corrected chi connectivity index (χ1v) is 8.45. The molecule has 1 amide bonds. The van der Waals surface area contributed by atoms with Crippen molar-refractivity contribution in [3.8, 4) is 0 Å². The number of hydrogen-bond acceptors (Lipinski definition) is 5. The van der Waals surface area contributed by atoms with E-state index in [1.165, 1.54) is 20.8 Å². The number of aliphatic hydroxyl groups is 2. The van der Waals surface area contributed by atoms with Crippen LogP contribution in [-0.2, 0) is 20.5 Å². The van der Waals surface area contributed by atoms with Crippen molar-refractivity contribution in [1.29, 1.82) is 0 Å². The summed E-state index contributed by atoms with van der Waals surface area (Å²) in [7, 11) is 0. The van der Waals surface area contributed by atoms with Gasteiger partial charge in [0.15, 0.2) is 12.2 Å². The second kappa shape index (κ2) is 8.90. The van der Waals surface area contributed by atoms with Crippen molar-refractivity contribution in [2.75, 3.05) is 17.3 Å². The highest BCUT2D eigenvalue weighted by Gasteiger charge is 2.37. The van der Waals surface area contributed by atoms with Crippen LogP contribution in [0.4, 0.5) is 18.9 Å². The summed E-state index contributed by atoms with van der Waals surface area (Å²) in [5.41, 5.74) is -1.85. The Hall–Kier alpha value is -1.84. The minimum Gasteiger partial charge on any atom is -0.458 e. The first kappa shape index (κ1) is 23.2. The Morgan fingerprint density at radius 2 is 1.63 bits per heavy atom. The minimum absolute atomic E-state index is 0.0177. The lowest BCUT2D eigenvalue weighted by molar-refractivity contribution is -0.173. The van der Waals surface area contributed by atoms with Crippen molar-refractivity contribution in [1.82, 2.24) is 0 Å². The number of anilines is 1. The molecule has 0 aliphatic heterocycles. The van der Waals surface area contributed by atoms with Crippen molar-refractivity contribution in [3.05, 3.63) is 29.8 Å². The Balaban J connectivity index is 3.02. The van der Waals surface area contributed by atoms with Crippen molar-refractivity contribution in [2.24, 2.45) is 0 Å². The van der Waals surface area contributed by atoms with Gasteiger partial charge in [-0.2, -0.15) is 13.2 Å².